The summed E-state index contributed by atoms with van der Waals surface area (Å²) in [5, 5.41) is 9.03. The van der Waals surface area contributed by atoms with Crippen molar-refractivity contribution in [3.05, 3.63) is 0 Å². The number of amides is 2. The van der Waals surface area contributed by atoms with Gasteiger partial charge in [0, 0.05) is 31.7 Å². The zero-order valence-corrected chi connectivity index (χ0v) is 13.7. The summed E-state index contributed by atoms with van der Waals surface area (Å²) in [6.45, 7) is 6.13. The molecule has 122 valence electrons. The van der Waals surface area contributed by atoms with Crippen LogP contribution in [0.2, 0.25) is 0 Å². The molecular weight excluding hydrogens is 270 g/mol. The Morgan fingerprint density at radius 3 is 2.52 bits per heavy atom. The first-order valence-electron chi connectivity index (χ1n) is 7.80. The summed E-state index contributed by atoms with van der Waals surface area (Å²) in [4.78, 5) is 29.5. The zero-order valence-electron chi connectivity index (χ0n) is 13.7. The molecule has 6 heteroatoms. The lowest BCUT2D eigenvalue weighted by Gasteiger charge is -2.40. The van der Waals surface area contributed by atoms with E-state index in [9.17, 15) is 9.59 Å². The van der Waals surface area contributed by atoms with Crippen molar-refractivity contribution in [1.82, 2.24) is 14.7 Å². The van der Waals surface area contributed by atoms with Crippen molar-refractivity contribution < 1.29 is 14.7 Å². The van der Waals surface area contributed by atoms with Crippen molar-refractivity contribution in [2.75, 3.05) is 33.7 Å². The van der Waals surface area contributed by atoms with Gasteiger partial charge in [-0.1, -0.05) is 0 Å². The molecule has 2 atom stereocenters. The van der Waals surface area contributed by atoms with Crippen molar-refractivity contribution >= 4 is 12.0 Å². The van der Waals surface area contributed by atoms with Gasteiger partial charge in [0.25, 0.3) is 0 Å². The van der Waals surface area contributed by atoms with Gasteiger partial charge >= 0.3 is 12.0 Å². The highest BCUT2D eigenvalue weighted by Gasteiger charge is 2.32. The molecule has 1 fully saturated rings. The molecule has 0 saturated carbocycles. The quantitative estimate of drug-likeness (QED) is 0.811. The summed E-state index contributed by atoms with van der Waals surface area (Å²) < 4.78 is 0. The summed E-state index contributed by atoms with van der Waals surface area (Å²) in [7, 11) is 3.98. The molecule has 1 rings (SSSR count). The zero-order chi connectivity index (χ0) is 16.0. The minimum Gasteiger partial charge on any atom is -0.481 e. The molecule has 1 aliphatic rings. The number of carbonyl (C=O) groups excluding carboxylic acids is 1. The topological polar surface area (TPSA) is 64.1 Å². The number of hydrogen-bond donors (Lipinski definition) is 1. The molecule has 1 N–H and O–H groups in total. The molecule has 21 heavy (non-hydrogen) atoms. The number of carboxylic acids is 1. The Bertz CT molecular complexity index is 360. The van der Waals surface area contributed by atoms with E-state index in [2.05, 4.69) is 4.90 Å². The van der Waals surface area contributed by atoms with Gasteiger partial charge in [-0.2, -0.15) is 0 Å². The van der Waals surface area contributed by atoms with Crippen molar-refractivity contribution in [3.63, 3.8) is 0 Å². The number of nitrogens with zero attached hydrogens (tertiary/aromatic N) is 3. The first kappa shape index (κ1) is 17.8. The molecule has 6 nitrogen and oxygen atoms in total. The molecule has 0 radical (unpaired) electrons. The number of likely N-dealkylation sites (tertiary alicyclic amines) is 1. The molecule has 2 amide bonds. The second kappa shape index (κ2) is 8.22. The van der Waals surface area contributed by atoms with Crippen LogP contribution >= 0.6 is 0 Å². The van der Waals surface area contributed by atoms with Gasteiger partial charge in [0.15, 0.2) is 0 Å². The largest absolute Gasteiger partial charge is 0.481 e. The number of likely N-dealkylation sites (N-methyl/N-ethyl adjacent to an activating group) is 2. The van der Waals surface area contributed by atoms with Gasteiger partial charge in [-0.05, 0) is 47.2 Å². The van der Waals surface area contributed by atoms with E-state index in [4.69, 9.17) is 5.11 Å². The predicted molar refractivity (Wildman–Crippen MR) is 82.4 cm³/mol. The second-order valence-electron chi connectivity index (χ2n) is 6.12. The van der Waals surface area contributed by atoms with E-state index >= 15 is 0 Å². The first-order chi connectivity index (χ1) is 9.86. The maximum atomic E-state index is 12.8. The molecule has 0 aromatic rings. The number of urea groups is 1. The lowest BCUT2D eigenvalue weighted by Crippen LogP contribution is -2.54. The first-order valence-corrected chi connectivity index (χ1v) is 7.80. The maximum Gasteiger partial charge on any atom is 0.320 e. The Balaban J connectivity index is 2.77. The highest BCUT2D eigenvalue weighted by atomic mass is 16.4. The molecule has 1 saturated heterocycles. The number of piperidine rings is 1. The number of carboxylic acid groups (broad SMARTS) is 1. The summed E-state index contributed by atoms with van der Waals surface area (Å²) >= 11 is 0. The Hall–Kier alpha value is -1.30. The van der Waals surface area contributed by atoms with Gasteiger partial charge in [-0.25, -0.2) is 4.79 Å². The van der Waals surface area contributed by atoms with E-state index in [0.29, 0.717) is 13.1 Å². The highest BCUT2D eigenvalue weighted by molar-refractivity contribution is 5.76. The van der Waals surface area contributed by atoms with Crippen molar-refractivity contribution in [2.24, 2.45) is 0 Å². The third kappa shape index (κ3) is 5.19. The molecule has 0 aliphatic carbocycles. The van der Waals surface area contributed by atoms with Gasteiger partial charge in [-0.15, -0.1) is 0 Å². The number of carbonyl (C=O) groups is 2. The highest BCUT2D eigenvalue weighted by Crippen LogP contribution is 2.22. The molecule has 1 heterocycles. The fourth-order valence-electron chi connectivity index (χ4n) is 3.09. The van der Waals surface area contributed by atoms with E-state index in [1.165, 1.54) is 0 Å². The van der Waals surface area contributed by atoms with Crippen LogP contribution in [0.4, 0.5) is 4.79 Å². The van der Waals surface area contributed by atoms with Gasteiger partial charge in [0.2, 0.25) is 0 Å². The molecule has 0 aromatic carbocycles. The molecule has 1 aliphatic heterocycles. The van der Waals surface area contributed by atoms with Gasteiger partial charge in [0.1, 0.15) is 0 Å². The number of aliphatic carboxylic acids is 1. The average Bonchev–Trinajstić information content (AvgIpc) is 2.38. The van der Waals surface area contributed by atoms with Crippen LogP contribution in [0.5, 0.6) is 0 Å². The third-order valence-electron chi connectivity index (χ3n) is 4.03. The van der Waals surface area contributed by atoms with E-state index in [1.807, 2.05) is 32.8 Å². The van der Waals surface area contributed by atoms with Crippen LogP contribution in [0.1, 0.15) is 39.5 Å². The van der Waals surface area contributed by atoms with E-state index in [1.54, 1.807) is 4.90 Å². The lowest BCUT2D eigenvalue weighted by atomic mass is 9.99. The van der Waals surface area contributed by atoms with E-state index in [-0.39, 0.29) is 24.5 Å². The van der Waals surface area contributed by atoms with E-state index < -0.39 is 5.97 Å². The summed E-state index contributed by atoms with van der Waals surface area (Å²) in [6.07, 6.45) is 2.80. The molecule has 0 aromatic heterocycles. The third-order valence-corrected chi connectivity index (χ3v) is 4.03. The van der Waals surface area contributed by atoms with E-state index in [0.717, 1.165) is 25.8 Å². The summed E-state index contributed by atoms with van der Waals surface area (Å²) in [5.41, 5.74) is 0. The minimum absolute atomic E-state index is 0.0159. The minimum atomic E-state index is -0.830. The summed E-state index contributed by atoms with van der Waals surface area (Å²) in [6, 6.07) is -0.0629. The van der Waals surface area contributed by atoms with Crippen LogP contribution in [0.15, 0.2) is 0 Å². The Kier molecular flexibility index (Phi) is 6.95. The fourth-order valence-corrected chi connectivity index (χ4v) is 3.09. The van der Waals surface area contributed by atoms with Gasteiger partial charge < -0.3 is 19.8 Å². The Morgan fingerprint density at radius 1 is 1.33 bits per heavy atom. The number of rotatable bonds is 6. The molecular formula is C15H29N3O3. The smallest absolute Gasteiger partial charge is 0.320 e. The monoisotopic (exact) mass is 299 g/mol. The Morgan fingerprint density at radius 2 is 2.00 bits per heavy atom. The lowest BCUT2D eigenvalue weighted by molar-refractivity contribution is -0.138. The van der Waals surface area contributed by atoms with Crippen molar-refractivity contribution in [2.45, 2.75) is 51.6 Å². The van der Waals surface area contributed by atoms with Crippen molar-refractivity contribution in [1.29, 1.82) is 0 Å². The summed E-state index contributed by atoms with van der Waals surface area (Å²) in [5.74, 6) is -0.830. The van der Waals surface area contributed by atoms with Crippen LogP contribution in [-0.2, 0) is 4.79 Å². The predicted octanol–water partition coefficient (Wildman–Crippen LogP) is 1.71. The average molecular weight is 299 g/mol. The van der Waals surface area contributed by atoms with Crippen LogP contribution < -0.4 is 0 Å². The van der Waals surface area contributed by atoms with Crippen LogP contribution in [-0.4, -0.2) is 77.6 Å². The normalized spacial score (nSPS) is 20.4. The second-order valence-corrected chi connectivity index (χ2v) is 6.12. The standard InChI is InChI=1S/C15H29N3O3/c1-5-17(12(2)11-16(3)4)15(21)18-9-7-6-8-13(18)10-14(19)20/h12-13H,5-11H2,1-4H3,(H,19,20). The van der Waals surface area contributed by atoms with Gasteiger partial charge in [0.05, 0.1) is 6.42 Å². The number of hydrogen-bond acceptors (Lipinski definition) is 3. The molecule has 0 spiro atoms. The fraction of sp³-hybridized carbons (Fsp3) is 0.867. The van der Waals surface area contributed by atoms with Crippen molar-refractivity contribution in [3.8, 4) is 0 Å². The maximum absolute atomic E-state index is 12.8. The van der Waals surface area contributed by atoms with Crippen LogP contribution in [0.25, 0.3) is 0 Å². The Labute approximate surface area is 127 Å². The van der Waals surface area contributed by atoms with Gasteiger partial charge in [-0.3, -0.25) is 4.79 Å². The SMILES string of the molecule is CCN(C(=O)N1CCCCC1CC(=O)O)C(C)CN(C)C. The molecule has 2 unspecified atom stereocenters. The van der Waals surface area contributed by atoms with Crippen LogP contribution in [0, 0.1) is 0 Å². The van der Waals surface area contributed by atoms with Crippen LogP contribution in [0.3, 0.4) is 0 Å². The molecule has 0 bridgehead atoms.